The molecule has 0 aliphatic rings. The molecule has 0 amide bonds. The fourth-order valence-electron chi connectivity index (χ4n) is 0.939. The number of hydrogen-bond acceptors (Lipinski definition) is 4. The van der Waals surface area contributed by atoms with E-state index in [2.05, 4.69) is 4.74 Å². The summed E-state index contributed by atoms with van der Waals surface area (Å²) in [5.74, 6) is -0.983. The summed E-state index contributed by atoms with van der Waals surface area (Å²) in [5.41, 5.74) is 1.50. The van der Waals surface area contributed by atoms with Crippen LogP contribution in [-0.4, -0.2) is 18.7 Å². The molecule has 0 spiro atoms. The third kappa shape index (κ3) is 3.81. The van der Waals surface area contributed by atoms with Crippen molar-refractivity contribution in [3.63, 3.8) is 0 Å². The summed E-state index contributed by atoms with van der Waals surface area (Å²) in [6.45, 7) is 2.83. The van der Waals surface area contributed by atoms with Crippen LogP contribution in [-0.2, 0) is 14.3 Å². The quantitative estimate of drug-likeness (QED) is 0.560. The molecule has 0 saturated heterocycles. The van der Waals surface area contributed by atoms with E-state index in [0.29, 0.717) is 5.56 Å². The summed E-state index contributed by atoms with van der Waals surface area (Å²) in [6.07, 6.45) is 0. The van der Waals surface area contributed by atoms with Gasteiger partial charge in [-0.15, -0.1) is 0 Å². The maximum absolute atomic E-state index is 11.3. The molecule has 0 aromatic heterocycles. The van der Waals surface area contributed by atoms with Crippen LogP contribution < -0.4 is 0 Å². The third-order valence-electron chi connectivity index (χ3n) is 1.74. The monoisotopic (exact) mass is 208 g/mol. The van der Waals surface area contributed by atoms with Crippen LogP contribution in [0.25, 0.3) is 0 Å². The van der Waals surface area contributed by atoms with Crippen LogP contribution in [0.4, 0.5) is 0 Å². The van der Waals surface area contributed by atoms with E-state index in [9.17, 15) is 9.59 Å². The van der Waals surface area contributed by atoms with Gasteiger partial charge >= 0.3 is 11.9 Å². The van der Waals surface area contributed by atoms with Crippen LogP contribution in [0.15, 0.2) is 24.3 Å². The van der Waals surface area contributed by atoms with Crippen molar-refractivity contribution in [2.45, 2.75) is 13.8 Å². The molecule has 15 heavy (non-hydrogen) atoms. The molecule has 0 radical (unpaired) electrons. The van der Waals surface area contributed by atoms with Crippen LogP contribution in [0.3, 0.4) is 0 Å². The first-order valence-electron chi connectivity index (χ1n) is 4.47. The molecule has 0 N–H and O–H groups in total. The van der Waals surface area contributed by atoms with Crippen molar-refractivity contribution in [3.05, 3.63) is 35.4 Å². The van der Waals surface area contributed by atoms with Gasteiger partial charge < -0.3 is 9.47 Å². The van der Waals surface area contributed by atoms with E-state index in [1.54, 1.807) is 12.1 Å². The third-order valence-corrected chi connectivity index (χ3v) is 1.74. The number of esters is 2. The van der Waals surface area contributed by atoms with Crippen molar-refractivity contribution < 1.29 is 19.1 Å². The standard InChI is InChI=1S/C11H12O4/c1-8-3-5-10(6-4-8)11(13)15-7-14-9(2)12/h3-6H,7H2,1-2H3. The summed E-state index contributed by atoms with van der Waals surface area (Å²) < 4.78 is 9.17. The molecule has 1 aromatic carbocycles. The van der Waals surface area contributed by atoms with Gasteiger partial charge in [0.15, 0.2) is 0 Å². The highest BCUT2D eigenvalue weighted by molar-refractivity contribution is 5.89. The minimum absolute atomic E-state index is 0.345. The van der Waals surface area contributed by atoms with Gasteiger partial charge in [0.1, 0.15) is 0 Å². The van der Waals surface area contributed by atoms with Crippen LogP contribution in [0.1, 0.15) is 22.8 Å². The van der Waals surface area contributed by atoms with E-state index in [4.69, 9.17) is 4.74 Å². The van der Waals surface area contributed by atoms with Crippen molar-refractivity contribution in [3.8, 4) is 0 Å². The van der Waals surface area contributed by atoms with Crippen molar-refractivity contribution in [2.24, 2.45) is 0 Å². The Labute approximate surface area is 87.8 Å². The number of carbonyl (C=O) groups is 2. The zero-order valence-corrected chi connectivity index (χ0v) is 8.65. The Kier molecular flexibility index (Phi) is 3.85. The normalized spacial score (nSPS) is 9.47. The Morgan fingerprint density at radius 1 is 1.13 bits per heavy atom. The van der Waals surface area contributed by atoms with E-state index in [-0.39, 0.29) is 6.79 Å². The lowest BCUT2D eigenvalue weighted by Crippen LogP contribution is -2.10. The lowest BCUT2D eigenvalue weighted by Gasteiger charge is -2.04. The van der Waals surface area contributed by atoms with E-state index in [0.717, 1.165) is 5.56 Å². The number of hydrogen-bond donors (Lipinski definition) is 0. The van der Waals surface area contributed by atoms with E-state index >= 15 is 0 Å². The number of carbonyl (C=O) groups excluding carboxylic acids is 2. The summed E-state index contributed by atoms with van der Waals surface area (Å²) in [6, 6.07) is 6.93. The van der Waals surface area contributed by atoms with Crippen LogP contribution in [0.2, 0.25) is 0 Å². The topological polar surface area (TPSA) is 52.6 Å². The van der Waals surface area contributed by atoms with Gasteiger partial charge in [-0.05, 0) is 19.1 Å². The van der Waals surface area contributed by atoms with Crippen LogP contribution in [0.5, 0.6) is 0 Å². The van der Waals surface area contributed by atoms with Gasteiger partial charge in [0, 0.05) is 6.92 Å². The fourth-order valence-corrected chi connectivity index (χ4v) is 0.939. The molecule has 1 rings (SSSR count). The fraction of sp³-hybridized carbons (Fsp3) is 0.273. The zero-order chi connectivity index (χ0) is 11.3. The second kappa shape index (κ2) is 5.14. The smallest absolute Gasteiger partial charge is 0.340 e. The molecule has 0 fully saturated rings. The van der Waals surface area contributed by atoms with Gasteiger partial charge in [0.05, 0.1) is 5.56 Å². The largest absolute Gasteiger partial charge is 0.428 e. The summed E-state index contributed by atoms with van der Waals surface area (Å²) in [7, 11) is 0. The first-order chi connectivity index (χ1) is 7.09. The number of aryl methyl sites for hydroxylation is 1. The van der Waals surface area contributed by atoms with E-state index in [1.165, 1.54) is 6.92 Å². The Morgan fingerprint density at radius 3 is 2.27 bits per heavy atom. The Balaban J connectivity index is 2.47. The lowest BCUT2D eigenvalue weighted by molar-refractivity contribution is -0.149. The van der Waals surface area contributed by atoms with Crippen molar-refractivity contribution in [2.75, 3.05) is 6.79 Å². The van der Waals surface area contributed by atoms with Gasteiger partial charge in [-0.1, -0.05) is 17.7 Å². The maximum atomic E-state index is 11.3. The van der Waals surface area contributed by atoms with Crippen molar-refractivity contribution in [1.29, 1.82) is 0 Å². The molecule has 1 aromatic rings. The van der Waals surface area contributed by atoms with Gasteiger partial charge in [-0.3, -0.25) is 4.79 Å². The highest BCUT2D eigenvalue weighted by atomic mass is 16.7. The minimum Gasteiger partial charge on any atom is -0.428 e. The molecule has 4 nitrogen and oxygen atoms in total. The van der Waals surface area contributed by atoms with E-state index in [1.807, 2.05) is 19.1 Å². The van der Waals surface area contributed by atoms with Crippen LogP contribution >= 0.6 is 0 Å². The average Bonchev–Trinajstić information content (AvgIpc) is 2.18. The number of ether oxygens (including phenoxy) is 2. The lowest BCUT2D eigenvalue weighted by atomic mass is 10.2. The van der Waals surface area contributed by atoms with Gasteiger partial charge in [0.2, 0.25) is 6.79 Å². The second-order valence-corrected chi connectivity index (χ2v) is 3.05. The summed E-state index contributed by atoms with van der Waals surface area (Å²) >= 11 is 0. The highest BCUT2D eigenvalue weighted by Crippen LogP contribution is 2.04. The molecular weight excluding hydrogens is 196 g/mol. The summed E-state index contributed by atoms with van der Waals surface area (Å²) in [5, 5.41) is 0. The average molecular weight is 208 g/mol. The number of rotatable bonds is 3. The molecular formula is C11H12O4. The molecule has 0 heterocycles. The molecule has 0 atom stereocenters. The second-order valence-electron chi connectivity index (χ2n) is 3.05. The van der Waals surface area contributed by atoms with E-state index < -0.39 is 11.9 Å². The molecule has 0 unspecified atom stereocenters. The molecule has 0 saturated carbocycles. The molecule has 80 valence electrons. The Bertz CT molecular complexity index is 353. The van der Waals surface area contributed by atoms with Crippen molar-refractivity contribution >= 4 is 11.9 Å². The highest BCUT2D eigenvalue weighted by Gasteiger charge is 2.06. The first-order valence-corrected chi connectivity index (χ1v) is 4.47. The van der Waals surface area contributed by atoms with Crippen LogP contribution in [0, 0.1) is 6.92 Å². The Morgan fingerprint density at radius 2 is 1.73 bits per heavy atom. The number of benzene rings is 1. The summed E-state index contributed by atoms with van der Waals surface area (Å²) in [4.78, 5) is 21.7. The first kappa shape index (κ1) is 11.2. The van der Waals surface area contributed by atoms with Gasteiger partial charge in [-0.25, -0.2) is 4.79 Å². The predicted molar refractivity (Wildman–Crippen MR) is 53.2 cm³/mol. The van der Waals surface area contributed by atoms with Crippen molar-refractivity contribution in [1.82, 2.24) is 0 Å². The predicted octanol–water partition coefficient (Wildman–Crippen LogP) is 1.67. The molecule has 0 bridgehead atoms. The zero-order valence-electron chi connectivity index (χ0n) is 8.65. The minimum atomic E-state index is -0.503. The van der Waals surface area contributed by atoms with Gasteiger partial charge in [-0.2, -0.15) is 0 Å². The SMILES string of the molecule is CC(=O)OCOC(=O)c1ccc(C)cc1. The molecule has 4 heteroatoms. The Hall–Kier alpha value is -1.84. The molecule has 0 aliphatic carbocycles. The maximum Gasteiger partial charge on any atom is 0.340 e. The van der Waals surface area contributed by atoms with Gasteiger partial charge in [0.25, 0.3) is 0 Å². The molecule has 0 aliphatic heterocycles.